The maximum atomic E-state index is 12.6. The van der Waals surface area contributed by atoms with Crippen LogP contribution in [0.2, 0.25) is 0 Å². The zero-order valence-corrected chi connectivity index (χ0v) is 17.0. The molecule has 1 aliphatic heterocycles. The number of hydrogen-bond donors (Lipinski definition) is 1. The molecular formula is C20H20BrN5O2. The molecule has 144 valence electrons. The number of piperidine rings is 1. The highest BCUT2D eigenvalue weighted by atomic mass is 79.9. The van der Waals surface area contributed by atoms with E-state index in [1.54, 1.807) is 6.20 Å². The van der Waals surface area contributed by atoms with Crippen LogP contribution >= 0.6 is 15.9 Å². The molecule has 1 saturated heterocycles. The van der Waals surface area contributed by atoms with Crippen LogP contribution in [-0.4, -0.2) is 39.1 Å². The molecule has 0 unspecified atom stereocenters. The van der Waals surface area contributed by atoms with Crippen LogP contribution in [0, 0.1) is 6.92 Å². The van der Waals surface area contributed by atoms with Crippen molar-refractivity contribution >= 4 is 27.6 Å². The van der Waals surface area contributed by atoms with Crippen molar-refractivity contribution in [3.05, 3.63) is 58.5 Å². The van der Waals surface area contributed by atoms with E-state index in [1.165, 1.54) is 0 Å². The van der Waals surface area contributed by atoms with Crippen LogP contribution in [0.3, 0.4) is 0 Å². The Bertz CT molecular complexity index is 968. The normalized spacial score (nSPS) is 14.9. The van der Waals surface area contributed by atoms with E-state index in [2.05, 4.69) is 36.4 Å². The number of carbonyl (C=O) groups is 1. The third-order valence-corrected chi connectivity index (χ3v) is 5.49. The van der Waals surface area contributed by atoms with Gasteiger partial charge in [-0.25, -0.2) is 4.79 Å². The van der Waals surface area contributed by atoms with Crippen molar-refractivity contribution in [3.8, 4) is 11.5 Å². The molecule has 7 nitrogen and oxygen atoms in total. The predicted molar refractivity (Wildman–Crippen MR) is 109 cm³/mol. The van der Waals surface area contributed by atoms with E-state index in [0.717, 1.165) is 28.6 Å². The molecule has 0 atom stereocenters. The van der Waals surface area contributed by atoms with Crippen molar-refractivity contribution in [1.29, 1.82) is 0 Å². The standard InChI is InChI=1S/C20H20BrN5O2/c1-13-5-6-16(15(21)12-13)23-20(27)26-10-7-14(8-11-26)19-24-18(25-28-19)17-4-2-3-9-22-17/h2-6,9,12,14H,7-8,10-11H2,1H3,(H,23,27). The predicted octanol–water partition coefficient (Wildman–Crippen LogP) is 4.61. The Balaban J connectivity index is 1.35. The second kappa shape index (κ2) is 8.10. The molecule has 2 aromatic heterocycles. The zero-order chi connectivity index (χ0) is 19.5. The van der Waals surface area contributed by atoms with E-state index in [0.29, 0.717) is 30.5 Å². The summed E-state index contributed by atoms with van der Waals surface area (Å²) in [6, 6.07) is 11.4. The largest absolute Gasteiger partial charge is 0.339 e. The lowest BCUT2D eigenvalue weighted by Crippen LogP contribution is -2.40. The number of hydrogen-bond acceptors (Lipinski definition) is 5. The van der Waals surface area contributed by atoms with Gasteiger partial charge < -0.3 is 14.7 Å². The van der Waals surface area contributed by atoms with E-state index >= 15 is 0 Å². The number of amides is 2. The average molecular weight is 442 g/mol. The Kier molecular flexibility index (Phi) is 5.38. The number of aromatic nitrogens is 3. The number of nitrogens with zero attached hydrogens (tertiary/aromatic N) is 4. The van der Waals surface area contributed by atoms with Crippen molar-refractivity contribution in [2.75, 3.05) is 18.4 Å². The summed E-state index contributed by atoms with van der Waals surface area (Å²) < 4.78 is 6.33. The van der Waals surface area contributed by atoms with E-state index in [4.69, 9.17) is 4.52 Å². The summed E-state index contributed by atoms with van der Waals surface area (Å²) in [5.74, 6) is 1.27. The number of benzene rings is 1. The maximum absolute atomic E-state index is 12.6. The van der Waals surface area contributed by atoms with Crippen molar-refractivity contribution < 1.29 is 9.32 Å². The molecule has 1 aliphatic rings. The Morgan fingerprint density at radius 3 is 2.79 bits per heavy atom. The van der Waals surface area contributed by atoms with Crippen molar-refractivity contribution in [1.82, 2.24) is 20.0 Å². The minimum absolute atomic E-state index is 0.0947. The first-order chi connectivity index (χ1) is 13.6. The molecule has 0 aliphatic carbocycles. The second-order valence-corrected chi connectivity index (χ2v) is 7.70. The first-order valence-electron chi connectivity index (χ1n) is 9.17. The van der Waals surface area contributed by atoms with Gasteiger partial charge in [0.05, 0.1) is 5.69 Å². The molecule has 1 fully saturated rings. The van der Waals surface area contributed by atoms with Crippen molar-refractivity contribution in [2.45, 2.75) is 25.7 Å². The summed E-state index contributed by atoms with van der Waals surface area (Å²) in [7, 11) is 0. The third-order valence-electron chi connectivity index (χ3n) is 4.83. The smallest absolute Gasteiger partial charge is 0.321 e. The SMILES string of the molecule is Cc1ccc(NC(=O)N2CCC(c3nc(-c4ccccn4)no3)CC2)c(Br)c1. The highest BCUT2D eigenvalue weighted by Gasteiger charge is 2.28. The van der Waals surface area contributed by atoms with Crippen molar-refractivity contribution in [2.24, 2.45) is 0 Å². The molecule has 28 heavy (non-hydrogen) atoms. The molecule has 8 heteroatoms. The average Bonchev–Trinajstić information content (AvgIpc) is 3.21. The van der Waals surface area contributed by atoms with Crippen LogP contribution in [-0.2, 0) is 0 Å². The highest BCUT2D eigenvalue weighted by molar-refractivity contribution is 9.10. The molecule has 1 aromatic carbocycles. The molecule has 2 amide bonds. The van der Waals surface area contributed by atoms with E-state index in [-0.39, 0.29) is 11.9 Å². The lowest BCUT2D eigenvalue weighted by atomic mass is 9.97. The second-order valence-electron chi connectivity index (χ2n) is 6.85. The topological polar surface area (TPSA) is 84.2 Å². The quantitative estimate of drug-likeness (QED) is 0.640. The van der Waals surface area contributed by atoms with Crippen LogP contribution < -0.4 is 5.32 Å². The molecule has 3 heterocycles. The lowest BCUT2D eigenvalue weighted by molar-refractivity contribution is 0.187. The van der Waals surface area contributed by atoms with Gasteiger partial charge in [0.25, 0.3) is 0 Å². The van der Waals surface area contributed by atoms with Crippen LogP contribution in [0.1, 0.15) is 30.2 Å². The Hall–Kier alpha value is -2.74. The van der Waals surface area contributed by atoms with Gasteiger partial charge in [-0.05, 0) is 65.5 Å². The summed E-state index contributed by atoms with van der Waals surface area (Å²) in [5, 5.41) is 7.01. The van der Waals surface area contributed by atoms with Gasteiger partial charge in [0, 0.05) is 29.7 Å². The molecule has 0 saturated carbocycles. The van der Waals surface area contributed by atoms with Crippen LogP contribution in [0.25, 0.3) is 11.5 Å². The highest BCUT2D eigenvalue weighted by Crippen LogP contribution is 2.29. The number of anilines is 1. The van der Waals surface area contributed by atoms with Gasteiger partial charge >= 0.3 is 6.03 Å². The number of carbonyl (C=O) groups excluding carboxylic acids is 1. The summed E-state index contributed by atoms with van der Waals surface area (Å²) in [5.41, 5.74) is 2.60. The van der Waals surface area contributed by atoms with Gasteiger partial charge in [-0.2, -0.15) is 4.98 Å². The first-order valence-corrected chi connectivity index (χ1v) is 9.96. The van der Waals surface area contributed by atoms with Crippen LogP contribution in [0.4, 0.5) is 10.5 Å². The van der Waals surface area contributed by atoms with Gasteiger partial charge in [-0.15, -0.1) is 0 Å². The minimum atomic E-state index is -0.0947. The number of rotatable bonds is 3. The van der Waals surface area contributed by atoms with Gasteiger partial charge in [0.1, 0.15) is 5.69 Å². The molecular weight excluding hydrogens is 422 g/mol. The molecule has 0 radical (unpaired) electrons. The number of urea groups is 1. The molecule has 3 aromatic rings. The Morgan fingerprint density at radius 2 is 2.07 bits per heavy atom. The molecule has 1 N–H and O–H groups in total. The van der Waals surface area contributed by atoms with E-state index in [9.17, 15) is 4.79 Å². The van der Waals surface area contributed by atoms with E-state index < -0.39 is 0 Å². The van der Waals surface area contributed by atoms with Gasteiger partial charge in [-0.1, -0.05) is 17.3 Å². The fourth-order valence-electron chi connectivity index (χ4n) is 3.25. The molecule has 4 rings (SSSR count). The number of halogens is 1. The fourth-order valence-corrected chi connectivity index (χ4v) is 3.84. The maximum Gasteiger partial charge on any atom is 0.321 e. The Labute approximate surface area is 171 Å². The van der Waals surface area contributed by atoms with Gasteiger partial charge in [-0.3, -0.25) is 4.98 Å². The monoisotopic (exact) mass is 441 g/mol. The van der Waals surface area contributed by atoms with Gasteiger partial charge in [0.15, 0.2) is 0 Å². The number of likely N-dealkylation sites (tertiary alicyclic amines) is 1. The summed E-state index contributed by atoms with van der Waals surface area (Å²) in [6.45, 7) is 3.29. The fraction of sp³-hybridized carbons (Fsp3) is 0.300. The van der Waals surface area contributed by atoms with Crippen LogP contribution in [0.15, 0.2) is 51.6 Å². The molecule has 0 bridgehead atoms. The van der Waals surface area contributed by atoms with E-state index in [1.807, 2.05) is 48.2 Å². The lowest BCUT2D eigenvalue weighted by Gasteiger charge is -2.30. The minimum Gasteiger partial charge on any atom is -0.339 e. The third kappa shape index (κ3) is 4.06. The van der Waals surface area contributed by atoms with Crippen LogP contribution in [0.5, 0.6) is 0 Å². The number of pyridine rings is 1. The zero-order valence-electron chi connectivity index (χ0n) is 15.4. The van der Waals surface area contributed by atoms with Crippen molar-refractivity contribution in [3.63, 3.8) is 0 Å². The molecule has 0 spiro atoms. The summed E-state index contributed by atoms with van der Waals surface area (Å²) in [4.78, 5) is 23.1. The van der Waals surface area contributed by atoms with Gasteiger partial charge in [0.2, 0.25) is 11.7 Å². The first kappa shape index (κ1) is 18.6. The number of aryl methyl sites for hydroxylation is 1. The Morgan fingerprint density at radius 1 is 1.25 bits per heavy atom. The number of nitrogens with one attached hydrogen (secondary N) is 1. The summed E-state index contributed by atoms with van der Waals surface area (Å²) in [6.07, 6.45) is 3.27. The summed E-state index contributed by atoms with van der Waals surface area (Å²) >= 11 is 3.50.